The molecule has 0 radical (unpaired) electrons. The summed E-state index contributed by atoms with van der Waals surface area (Å²) in [6.45, 7) is 6.60. The number of Topliss-reactive ketones (excluding diaryl/α,β-unsaturated/α-hetero) is 1. The maximum atomic E-state index is 13.4. The number of nitrogens with one attached hydrogen (secondary N) is 1. The average molecular weight is 554 g/mol. The number of carbonyl (C=O) groups excluding carboxylic acids is 1. The molecule has 4 heterocycles. The number of aryl methyl sites for hydroxylation is 1. The molecule has 1 aliphatic carbocycles. The number of alkyl halides is 1. The molecule has 0 spiro atoms. The van der Waals surface area contributed by atoms with Crippen molar-refractivity contribution in [2.45, 2.75) is 64.3 Å². The summed E-state index contributed by atoms with van der Waals surface area (Å²) in [4.78, 5) is 42.1. The van der Waals surface area contributed by atoms with Gasteiger partial charge in [-0.05, 0) is 75.7 Å². The van der Waals surface area contributed by atoms with Gasteiger partial charge in [0, 0.05) is 35.7 Å². The van der Waals surface area contributed by atoms with Gasteiger partial charge in [0.25, 0.3) is 5.56 Å². The third-order valence-electron chi connectivity index (χ3n) is 7.74. The molecule has 5 rings (SSSR count). The second-order valence-electron chi connectivity index (χ2n) is 10.0. The van der Waals surface area contributed by atoms with Crippen LogP contribution in [0.25, 0.3) is 11.0 Å². The minimum atomic E-state index is -0.242. The molecule has 2 fully saturated rings. The van der Waals surface area contributed by atoms with Gasteiger partial charge < -0.3 is 10.2 Å². The maximum absolute atomic E-state index is 13.4. The zero-order chi connectivity index (χ0) is 25.2. The first kappa shape index (κ1) is 25.0. The van der Waals surface area contributed by atoms with Crippen LogP contribution in [0.3, 0.4) is 0 Å². The van der Waals surface area contributed by atoms with E-state index in [0.29, 0.717) is 28.9 Å². The fraction of sp³-hybridized carbons (Fsp3) is 0.519. The number of halogens is 1. The van der Waals surface area contributed by atoms with E-state index in [1.165, 1.54) is 12.5 Å². The number of fused-ring (bicyclic) bond motifs is 1. The quantitative estimate of drug-likeness (QED) is 0.320. The van der Waals surface area contributed by atoms with Crippen LogP contribution in [0.4, 0.5) is 11.8 Å². The van der Waals surface area contributed by atoms with Crippen LogP contribution in [0.5, 0.6) is 0 Å². The first-order chi connectivity index (χ1) is 17.5. The Bertz CT molecular complexity index is 1310. The Morgan fingerprint density at radius 2 is 1.86 bits per heavy atom. The molecule has 190 valence electrons. The topological polar surface area (TPSA) is 93.0 Å². The minimum Gasteiger partial charge on any atom is -0.309 e. The van der Waals surface area contributed by atoms with E-state index < -0.39 is 0 Å². The van der Waals surface area contributed by atoms with Gasteiger partial charge in [0.05, 0.1) is 5.56 Å². The zero-order valence-corrected chi connectivity index (χ0v) is 22.6. The second-order valence-corrected chi connectivity index (χ2v) is 10.8. The molecule has 0 atom stereocenters. The Labute approximate surface area is 219 Å². The van der Waals surface area contributed by atoms with Crippen LogP contribution in [0, 0.1) is 6.92 Å². The van der Waals surface area contributed by atoms with Crippen molar-refractivity contribution in [1.29, 1.82) is 0 Å². The fourth-order valence-electron chi connectivity index (χ4n) is 5.75. The van der Waals surface area contributed by atoms with Crippen molar-refractivity contribution >= 4 is 44.5 Å². The summed E-state index contributed by atoms with van der Waals surface area (Å²) in [5.74, 6) is 1.38. The molecule has 36 heavy (non-hydrogen) atoms. The van der Waals surface area contributed by atoms with Crippen LogP contribution in [-0.4, -0.2) is 55.2 Å². The highest BCUT2D eigenvalue weighted by molar-refractivity contribution is 9.09. The van der Waals surface area contributed by atoms with E-state index in [1.54, 1.807) is 17.7 Å². The van der Waals surface area contributed by atoms with Gasteiger partial charge in [-0.2, -0.15) is 4.98 Å². The Morgan fingerprint density at radius 1 is 1.11 bits per heavy atom. The summed E-state index contributed by atoms with van der Waals surface area (Å²) in [7, 11) is 0. The van der Waals surface area contributed by atoms with Gasteiger partial charge in [0.1, 0.15) is 11.5 Å². The summed E-state index contributed by atoms with van der Waals surface area (Å²) in [5, 5.41) is 4.98. The minimum absolute atomic E-state index is 0.0554. The second kappa shape index (κ2) is 10.8. The Hall–Kier alpha value is -2.65. The molecule has 1 aliphatic heterocycles. The van der Waals surface area contributed by atoms with Crippen LogP contribution in [0.2, 0.25) is 0 Å². The molecular weight excluding hydrogens is 520 g/mol. The number of anilines is 2. The zero-order valence-electron chi connectivity index (χ0n) is 21.0. The summed E-state index contributed by atoms with van der Waals surface area (Å²) in [6.07, 6.45) is 9.94. The SMILES string of the molecule is CC(=O)c1c(C)c2cnc(Nc3ccc(C4CCN(CCBr)CC4)cn3)nc2n(C2CCCC2)c1=O. The molecule has 0 bridgehead atoms. The Morgan fingerprint density at radius 3 is 2.50 bits per heavy atom. The van der Waals surface area contributed by atoms with Crippen LogP contribution < -0.4 is 10.9 Å². The lowest BCUT2D eigenvalue weighted by Crippen LogP contribution is -2.34. The number of pyridine rings is 2. The molecule has 3 aromatic heterocycles. The number of nitrogens with zero attached hydrogens (tertiary/aromatic N) is 5. The van der Waals surface area contributed by atoms with Crippen molar-refractivity contribution in [3.05, 3.63) is 51.6 Å². The van der Waals surface area contributed by atoms with Gasteiger partial charge in [-0.3, -0.25) is 14.2 Å². The lowest BCUT2D eigenvalue weighted by molar-refractivity contribution is 0.101. The molecular formula is C27H33BrN6O2. The van der Waals surface area contributed by atoms with E-state index in [-0.39, 0.29) is 22.9 Å². The average Bonchev–Trinajstić information content (AvgIpc) is 3.39. The van der Waals surface area contributed by atoms with Gasteiger partial charge in [-0.25, -0.2) is 9.97 Å². The fourth-order valence-corrected chi connectivity index (χ4v) is 6.26. The number of piperidine rings is 1. The highest BCUT2D eigenvalue weighted by Gasteiger charge is 2.26. The van der Waals surface area contributed by atoms with Gasteiger partial charge in [-0.15, -0.1) is 0 Å². The Balaban J connectivity index is 1.41. The third kappa shape index (κ3) is 4.95. The van der Waals surface area contributed by atoms with Gasteiger partial charge >= 0.3 is 0 Å². The van der Waals surface area contributed by atoms with Crippen molar-refractivity contribution < 1.29 is 4.79 Å². The van der Waals surface area contributed by atoms with Crippen molar-refractivity contribution in [2.75, 3.05) is 30.3 Å². The lowest BCUT2D eigenvalue weighted by atomic mass is 9.90. The van der Waals surface area contributed by atoms with Crippen LogP contribution in [-0.2, 0) is 0 Å². The number of carbonyl (C=O) groups is 1. The van der Waals surface area contributed by atoms with E-state index >= 15 is 0 Å². The standard InChI is InChI=1S/C27H33BrN6O2/c1-17-22-16-30-27(32-25(22)34(21-5-3-4-6-21)26(36)24(17)18(2)35)31-23-8-7-20(15-29-23)19-9-12-33(13-10-19)14-11-28/h7-8,15-16,19,21H,3-6,9-14H2,1-2H3,(H,29,30,31,32). The molecule has 8 nitrogen and oxygen atoms in total. The molecule has 0 amide bonds. The molecule has 9 heteroatoms. The third-order valence-corrected chi connectivity index (χ3v) is 8.09. The van der Waals surface area contributed by atoms with E-state index in [1.807, 2.05) is 12.3 Å². The highest BCUT2D eigenvalue weighted by Crippen LogP contribution is 2.32. The predicted octanol–water partition coefficient (Wildman–Crippen LogP) is 5.13. The first-order valence-corrected chi connectivity index (χ1v) is 14.0. The molecule has 1 saturated carbocycles. The van der Waals surface area contributed by atoms with Gasteiger partial charge in [-0.1, -0.05) is 34.8 Å². The van der Waals surface area contributed by atoms with Crippen LogP contribution >= 0.6 is 15.9 Å². The van der Waals surface area contributed by atoms with Crippen molar-refractivity contribution in [1.82, 2.24) is 24.4 Å². The highest BCUT2D eigenvalue weighted by atomic mass is 79.9. The summed E-state index contributed by atoms with van der Waals surface area (Å²) < 4.78 is 1.73. The van der Waals surface area contributed by atoms with Crippen molar-refractivity contribution in [3.63, 3.8) is 0 Å². The molecule has 0 unspecified atom stereocenters. The van der Waals surface area contributed by atoms with Crippen LogP contribution in [0.1, 0.15) is 78.9 Å². The Kier molecular flexibility index (Phi) is 7.48. The first-order valence-electron chi connectivity index (χ1n) is 12.9. The smallest absolute Gasteiger partial charge is 0.263 e. The molecule has 2 aliphatic rings. The van der Waals surface area contributed by atoms with Gasteiger partial charge in [0.2, 0.25) is 5.95 Å². The number of hydrogen-bond donors (Lipinski definition) is 1. The molecule has 1 saturated heterocycles. The summed E-state index contributed by atoms with van der Waals surface area (Å²) >= 11 is 3.53. The van der Waals surface area contributed by atoms with Gasteiger partial charge in [0.15, 0.2) is 5.78 Å². The molecule has 3 aromatic rings. The maximum Gasteiger partial charge on any atom is 0.263 e. The van der Waals surface area contributed by atoms with Crippen LogP contribution in [0.15, 0.2) is 29.3 Å². The molecule has 0 aromatic carbocycles. The monoisotopic (exact) mass is 552 g/mol. The number of likely N-dealkylation sites (tertiary alicyclic amines) is 1. The number of hydrogen-bond acceptors (Lipinski definition) is 7. The summed E-state index contributed by atoms with van der Waals surface area (Å²) in [5.41, 5.74) is 2.50. The summed E-state index contributed by atoms with van der Waals surface area (Å²) in [6, 6.07) is 4.17. The predicted molar refractivity (Wildman–Crippen MR) is 146 cm³/mol. The number of aromatic nitrogens is 4. The number of ketones is 1. The normalized spacial score (nSPS) is 17.6. The number of rotatable bonds is 7. The van der Waals surface area contributed by atoms with Crippen molar-refractivity contribution in [3.8, 4) is 0 Å². The van der Waals surface area contributed by atoms with E-state index in [4.69, 9.17) is 4.98 Å². The van der Waals surface area contributed by atoms with E-state index in [9.17, 15) is 9.59 Å². The lowest BCUT2D eigenvalue weighted by Gasteiger charge is -2.31. The molecule has 1 N–H and O–H groups in total. The van der Waals surface area contributed by atoms with Crippen molar-refractivity contribution in [2.24, 2.45) is 0 Å². The largest absolute Gasteiger partial charge is 0.309 e. The van der Waals surface area contributed by atoms with E-state index in [0.717, 1.165) is 68.9 Å². The van der Waals surface area contributed by atoms with E-state index in [2.05, 4.69) is 42.2 Å².